The zero-order valence-electron chi connectivity index (χ0n) is 17.4. The second kappa shape index (κ2) is 9.50. The summed E-state index contributed by atoms with van der Waals surface area (Å²) in [5, 5.41) is 1.72. The molecule has 22 heavy (non-hydrogen) atoms. The van der Waals surface area contributed by atoms with Gasteiger partial charge in [-0.1, -0.05) is 120 Å². The lowest BCUT2D eigenvalue weighted by Crippen LogP contribution is -2.46. The highest BCUT2D eigenvalue weighted by Crippen LogP contribution is 2.59. The van der Waals surface area contributed by atoms with E-state index in [-0.39, 0.29) is 0 Å². The third-order valence-electron chi connectivity index (χ3n) is 5.87. The second-order valence-corrected chi connectivity index (χ2v) is 15.3. The fourth-order valence-corrected chi connectivity index (χ4v) is 13.3. The van der Waals surface area contributed by atoms with Crippen LogP contribution in [0.5, 0.6) is 0 Å². The third kappa shape index (κ3) is 6.77. The van der Waals surface area contributed by atoms with E-state index < -0.39 is 8.80 Å². The minimum Gasteiger partial charge on any atom is -0.0654 e. The lowest BCUT2D eigenvalue weighted by molar-refractivity contribution is 0.436. The van der Waals surface area contributed by atoms with Gasteiger partial charge in [0.15, 0.2) is 0 Å². The normalized spacial score (nSPS) is 13.9. The van der Waals surface area contributed by atoms with E-state index in [1.807, 2.05) is 0 Å². The van der Waals surface area contributed by atoms with Crippen molar-refractivity contribution in [1.29, 1.82) is 0 Å². The van der Waals surface area contributed by atoms with Gasteiger partial charge in [0, 0.05) is 0 Å². The molecule has 0 bridgehead atoms. The van der Waals surface area contributed by atoms with E-state index in [9.17, 15) is 0 Å². The molecule has 1 heteroatoms. The van der Waals surface area contributed by atoms with Crippen molar-refractivity contribution in [3.8, 4) is 0 Å². The molecule has 0 spiro atoms. The first-order valence-electron chi connectivity index (χ1n) is 10.0. The topological polar surface area (TPSA) is 0 Å². The van der Waals surface area contributed by atoms with Crippen molar-refractivity contribution in [3.05, 3.63) is 0 Å². The Morgan fingerprint density at radius 1 is 0.500 bits per heavy atom. The minimum atomic E-state index is -0.956. The molecule has 0 aliphatic carbocycles. The Kier molecular flexibility index (Phi) is 9.59. The van der Waals surface area contributed by atoms with Crippen molar-refractivity contribution in [1.82, 2.24) is 0 Å². The van der Waals surface area contributed by atoms with Crippen LogP contribution in [0.25, 0.3) is 0 Å². The van der Waals surface area contributed by atoms with Crippen LogP contribution in [0.4, 0.5) is 0 Å². The maximum atomic E-state index is 2.61. The largest absolute Gasteiger partial charge is 0.0654 e. The van der Waals surface area contributed by atoms with Gasteiger partial charge in [-0.25, -0.2) is 0 Å². The van der Waals surface area contributed by atoms with Crippen LogP contribution < -0.4 is 0 Å². The fourth-order valence-electron chi connectivity index (χ4n) is 5.50. The predicted octanol–water partition coefficient (Wildman–Crippen LogP) is 8.12. The molecule has 0 nitrogen and oxygen atoms in total. The van der Waals surface area contributed by atoms with Gasteiger partial charge in [-0.15, -0.1) is 0 Å². The zero-order chi connectivity index (χ0) is 17.4. The molecule has 0 unspecified atom stereocenters. The summed E-state index contributed by atoms with van der Waals surface area (Å²) in [6, 6.07) is 0. The summed E-state index contributed by atoms with van der Waals surface area (Å²) in [6.07, 6.45) is 12.6. The zero-order valence-corrected chi connectivity index (χ0v) is 18.6. The number of rotatable bonds is 12. The molecule has 0 saturated heterocycles. The van der Waals surface area contributed by atoms with Gasteiger partial charge in [-0.3, -0.25) is 0 Å². The summed E-state index contributed by atoms with van der Waals surface area (Å²) in [5.41, 5.74) is 0. The second-order valence-electron chi connectivity index (χ2n) is 9.71. The van der Waals surface area contributed by atoms with Crippen molar-refractivity contribution in [2.45, 2.75) is 135 Å². The van der Waals surface area contributed by atoms with E-state index in [4.69, 9.17) is 0 Å². The summed E-state index contributed by atoms with van der Waals surface area (Å²) >= 11 is 0. The molecule has 0 amide bonds. The average molecular weight is 327 g/mol. The molecular weight excluding hydrogens is 280 g/mol. The Balaban J connectivity index is 5.46. The Hall–Kier alpha value is 0.217. The number of unbranched alkanes of at least 4 members (excludes halogenated alkanes) is 3. The standard InChI is InChI=1S/C21H46Si/c1-10-13-16-19(4,5)22(20(6,7)17-14-11-2)21(8,9)18-15-12-3/h22H,10-18H2,1-9H3. The molecule has 0 atom stereocenters. The lowest BCUT2D eigenvalue weighted by Gasteiger charge is -2.52. The SMILES string of the molecule is CCCCC(C)(C)[SiH](C(C)(C)CCCC)C(C)(C)CCCC. The van der Waals surface area contributed by atoms with Crippen LogP contribution in [-0.4, -0.2) is 8.80 Å². The highest BCUT2D eigenvalue weighted by atomic mass is 28.3. The fraction of sp³-hybridized carbons (Fsp3) is 1.00. The summed E-state index contributed by atoms with van der Waals surface area (Å²) in [4.78, 5) is 0. The minimum absolute atomic E-state index is 0.574. The quantitative estimate of drug-likeness (QED) is 0.317. The van der Waals surface area contributed by atoms with E-state index >= 15 is 0 Å². The predicted molar refractivity (Wildman–Crippen MR) is 108 cm³/mol. The first-order chi connectivity index (χ1) is 10.0. The van der Waals surface area contributed by atoms with Crippen LogP contribution in [0.15, 0.2) is 0 Å². The molecule has 0 saturated carbocycles. The molecular formula is C21H46Si. The average Bonchev–Trinajstić information content (AvgIpc) is 2.39. The van der Waals surface area contributed by atoms with Gasteiger partial charge >= 0.3 is 0 Å². The van der Waals surface area contributed by atoms with E-state index in [1.165, 1.54) is 57.8 Å². The molecule has 134 valence electrons. The van der Waals surface area contributed by atoms with E-state index in [0.29, 0.717) is 15.1 Å². The third-order valence-corrected chi connectivity index (χ3v) is 11.4. The van der Waals surface area contributed by atoms with Crippen molar-refractivity contribution in [2.75, 3.05) is 0 Å². The maximum absolute atomic E-state index is 2.61. The molecule has 0 fully saturated rings. The summed E-state index contributed by atoms with van der Waals surface area (Å²) in [5.74, 6) is 0. The monoisotopic (exact) mass is 326 g/mol. The van der Waals surface area contributed by atoms with Gasteiger partial charge in [-0.2, -0.15) is 0 Å². The lowest BCUT2D eigenvalue weighted by atomic mass is 10.0. The first-order valence-corrected chi connectivity index (χ1v) is 11.8. The molecule has 0 N–H and O–H groups in total. The van der Waals surface area contributed by atoms with Gasteiger partial charge in [0.2, 0.25) is 0 Å². The smallest absolute Gasteiger partial charge is 0.0540 e. The van der Waals surface area contributed by atoms with E-state index in [1.54, 1.807) is 0 Å². The van der Waals surface area contributed by atoms with Gasteiger partial charge in [0.1, 0.15) is 0 Å². The van der Waals surface area contributed by atoms with E-state index in [2.05, 4.69) is 62.3 Å². The Labute approximate surface area is 144 Å². The number of hydrogen-bond acceptors (Lipinski definition) is 0. The molecule has 0 aliphatic rings. The maximum Gasteiger partial charge on any atom is 0.0540 e. The van der Waals surface area contributed by atoms with Crippen molar-refractivity contribution in [3.63, 3.8) is 0 Å². The number of hydrogen-bond donors (Lipinski definition) is 0. The molecule has 0 aromatic heterocycles. The van der Waals surface area contributed by atoms with Crippen LogP contribution in [0.2, 0.25) is 15.1 Å². The van der Waals surface area contributed by atoms with E-state index in [0.717, 1.165) is 0 Å². The van der Waals surface area contributed by atoms with Crippen molar-refractivity contribution in [2.24, 2.45) is 0 Å². The van der Waals surface area contributed by atoms with Crippen LogP contribution in [-0.2, 0) is 0 Å². The Bertz CT molecular complexity index is 241. The van der Waals surface area contributed by atoms with Gasteiger partial charge in [-0.05, 0) is 15.1 Å². The highest BCUT2D eigenvalue weighted by molar-refractivity contribution is 6.68. The summed E-state index contributed by atoms with van der Waals surface area (Å²) in [7, 11) is -0.956. The molecule has 0 heterocycles. The van der Waals surface area contributed by atoms with Crippen LogP contribution in [0.3, 0.4) is 0 Å². The molecule has 0 radical (unpaired) electrons. The van der Waals surface area contributed by atoms with Crippen molar-refractivity contribution >= 4 is 8.80 Å². The summed E-state index contributed by atoms with van der Waals surface area (Å²) < 4.78 is 0. The van der Waals surface area contributed by atoms with Crippen LogP contribution >= 0.6 is 0 Å². The van der Waals surface area contributed by atoms with Gasteiger partial charge in [0.25, 0.3) is 0 Å². The summed E-state index contributed by atoms with van der Waals surface area (Å²) in [6.45, 7) is 22.7. The molecule has 0 aliphatic heterocycles. The van der Waals surface area contributed by atoms with Crippen LogP contribution in [0.1, 0.15) is 120 Å². The first kappa shape index (κ1) is 22.2. The van der Waals surface area contributed by atoms with Gasteiger partial charge in [0.05, 0.1) is 8.80 Å². The van der Waals surface area contributed by atoms with Gasteiger partial charge < -0.3 is 0 Å². The molecule has 0 rings (SSSR count). The Morgan fingerprint density at radius 3 is 0.909 bits per heavy atom. The molecule has 0 aromatic carbocycles. The van der Waals surface area contributed by atoms with Crippen molar-refractivity contribution < 1.29 is 0 Å². The van der Waals surface area contributed by atoms with Crippen LogP contribution in [0, 0.1) is 0 Å². The Morgan fingerprint density at radius 2 is 0.727 bits per heavy atom. The highest BCUT2D eigenvalue weighted by Gasteiger charge is 2.49. The molecule has 0 aromatic rings.